The first-order valence-electron chi connectivity index (χ1n) is 8.04. The van der Waals surface area contributed by atoms with E-state index in [1.165, 1.54) is 18.2 Å². The van der Waals surface area contributed by atoms with Gasteiger partial charge >= 0.3 is 0 Å². The first-order chi connectivity index (χ1) is 13.5. The van der Waals surface area contributed by atoms with Crippen LogP contribution in [-0.2, 0) is 11.3 Å². The van der Waals surface area contributed by atoms with Crippen LogP contribution in [-0.4, -0.2) is 27.8 Å². The molecule has 1 heterocycles. The number of carbonyl (C=O) groups excluding carboxylic acids is 2. The zero-order valence-corrected chi connectivity index (χ0v) is 15.9. The number of hydrogen-bond acceptors (Lipinski definition) is 6. The average Bonchev–Trinajstić information content (AvgIpc) is 3.15. The Morgan fingerprint density at radius 2 is 1.86 bits per heavy atom. The van der Waals surface area contributed by atoms with Crippen LogP contribution >= 0.6 is 23.4 Å². The van der Waals surface area contributed by atoms with Crippen molar-refractivity contribution >= 4 is 40.9 Å². The van der Waals surface area contributed by atoms with Crippen molar-refractivity contribution in [2.24, 2.45) is 0 Å². The Labute approximate surface area is 168 Å². The standard InChI is InChI=1S/C18H14ClFN4O3S/c19-11-5-7-12(8-6-11)22-15(25)10-28-18-24-23-16(27-18)9-21-17(26)13-3-1-2-4-14(13)20/h1-8H,9-10H2,(H,21,26)(H,22,25). The lowest BCUT2D eigenvalue weighted by molar-refractivity contribution is -0.113. The number of hydrogen-bond donors (Lipinski definition) is 2. The van der Waals surface area contributed by atoms with Crippen LogP contribution in [0.25, 0.3) is 0 Å². The summed E-state index contributed by atoms with van der Waals surface area (Å²) in [6, 6.07) is 12.4. The fraction of sp³-hybridized carbons (Fsp3) is 0.111. The molecule has 0 saturated carbocycles. The quantitative estimate of drug-likeness (QED) is 0.567. The smallest absolute Gasteiger partial charge is 0.277 e. The zero-order chi connectivity index (χ0) is 19.9. The van der Waals surface area contributed by atoms with Gasteiger partial charge < -0.3 is 15.1 Å². The molecule has 0 fully saturated rings. The number of amides is 2. The Balaban J connectivity index is 1.46. The largest absolute Gasteiger partial charge is 0.414 e. The molecule has 7 nitrogen and oxygen atoms in total. The Hall–Kier alpha value is -2.91. The fourth-order valence-corrected chi connectivity index (χ4v) is 2.83. The van der Waals surface area contributed by atoms with Gasteiger partial charge in [-0.3, -0.25) is 9.59 Å². The van der Waals surface area contributed by atoms with Crippen LogP contribution in [0.4, 0.5) is 10.1 Å². The van der Waals surface area contributed by atoms with Gasteiger partial charge in [-0.15, -0.1) is 10.2 Å². The zero-order valence-electron chi connectivity index (χ0n) is 14.3. The molecule has 0 saturated heterocycles. The van der Waals surface area contributed by atoms with Crippen molar-refractivity contribution in [2.45, 2.75) is 11.8 Å². The van der Waals surface area contributed by atoms with Gasteiger partial charge in [0.25, 0.3) is 11.1 Å². The minimum atomic E-state index is -0.617. The Kier molecular flexibility index (Phi) is 6.62. The van der Waals surface area contributed by atoms with Crippen LogP contribution in [0.15, 0.2) is 58.2 Å². The third kappa shape index (κ3) is 5.54. The predicted octanol–water partition coefficient (Wildman–Crippen LogP) is 3.52. The molecule has 0 aliphatic heterocycles. The SMILES string of the molecule is O=C(CSc1nnc(CNC(=O)c2ccccc2F)o1)Nc1ccc(Cl)cc1. The number of aromatic nitrogens is 2. The van der Waals surface area contributed by atoms with E-state index in [4.69, 9.17) is 16.0 Å². The lowest BCUT2D eigenvalue weighted by Crippen LogP contribution is -2.23. The van der Waals surface area contributed by atoms with Crippen molar-refractivity contribution in [3.63, 3.8) is 0 Å². The van der Waals surface area contributed by atoms with E-state index in [1.807, 2.05) is 0 Å². The first kappa shape index (κ1) is 19.8. The molecule has 2 aromatic carbocycles. The highest BCUT2D eigenvalue weighted by Crippen LogP contribution is 2.18. The second kappa shape index (κ2) is 9.34. The summed E-state index contributed by atoms with van der Waals surface area (Å²) >= 11 is 6.84. The number of thioether (sulfide) groups is 1. The van der Waals surface area contributed by atoms with E-state index in [0.717, 1.165) is 11.8 Å². The van der Waals surface area contributed by atoms with Crippen LogP contribution in [0.2, 0.25) is 5.02 Å². The Bertz CT molecular complexity index is 981. The molecule has 0 aliphatic rings. The summed E-state index contributed by atoms with van der Waals surface area (Å²) in [5.41, 5.74) is 0.549. The Morgan fingerprint density at radius 3 is 2.61 bits per heavy atom. The van der Waals surface area contributed by atoms with Crippen LogP contribution in [0.3, 0.4) is 0 Å². The molecule has 0 aliphatic carbocycles. The van der Waals surface area contributed by atoms with Gasteiger partial charge in [0.1, 0.15) is 5.82 Å². The number of nitrogens with one attached hydrogen (secondary N) is 2. The van der Waals surface area contributed by atoms with Gasteiger partial charge in [0, 0.05) is 10.7 Å². The van der Waals surface area contributed by atoms with Gasteiger partial charge in [-0.2, -0.15) is 0 Å². The van der Waals surface area contributed by atoms with Crippen LogP contribution < -0.4 is 10.6 Å². The molecule has 28 heavy (non-hydrogen) atoms. The first-order valence-corrected chi connectivity index (χ1v) is 9.41. The van der Waals surface area contributed by atoms with Crippen molar-refractivity contribution in [1.82, 2.24) is 15.5 Å². The van der Waals surface area contributed by atoms with Gasteiger partial charge in [-0.1, -0.05) is 35.5 Å². The van der Waals surface area contributed by atoms with E-state index in [-0.39, 0.29) is 34.9 Å². The maximum absolute atomic E-state index is 13.6. The molecule has 10 heteroatoms. The van der Waals surface area contributed by atoms with Crippen LogP contribution in [0, 0.1) is 5.82 Å². The molecule has 0 unspecified atom stereocenters. The predicted molar refractivity (Wildman–Crippen MR) is 103 cm³/mol. The Morgan fingerprint density at radius 1 is 1.11 bits per heavy atom. The molecule has 0 atom stereocenters. The number of carbonyl (C=O) groups is 2. The summed E-state index contributed by atoms with van der Waals surface area (Å²) in [5.74, 6) is -1.25. The lowest BCUT2D eigenvalue weighted by atomic mass is 10.2. The maximum atomic E-state index is 13.6. The summed E-state index contributed by atoms with van der Waals surface area (Å²) in [6.07, 6.45) is 0. The highest BCUT2D eigenvalue weighted by atomic mass is 35.5. The summed E-state index contributed by atoms with van der Waals surface area (Å²) in [5, 5.41) is 13.5. The second-order valence-corrected chi connectivity index (χ2v) is 6.83. The van der Waals surface area contributed by atoms with Gasteiger partial charge in [-0.25, -0.2) is 4.39 Å². The number of rotatable bonds is 7. The van der Waals surface area contributed by atoms with Crippen LogP contribution in [0.1, 0.15) is 16.2 Å². The molecule has 0 radical (unpaired) electrons. The number of nitrogens with zero attached hydrogens (tertiary/aromatic N) is 2. The van der Waals surface area contributed by atoms with E-state index in [2.05, 4.69) is 20.8 Å². The van der Waals surface area contributed by atoms with E-state index >= 15 is 0 Å². The fourth-order valence-electron chi connectivity index (χ4n) is 2.12. The second-order valence-electron chi connectivity index (χ2n) is 5.47. The van der Waals surface area contributed by atoms with E-state index in [1.54, 1.807) is 30.3 Å². The monoisotopic (exact) mass is 420 g/mol. The van der Waals surface area contributed by atoms with Crippen molar-refractivity contribution in [2.75, 3.05) is 11.1 Å². The van der Waals surface area contributed by atoms with Gasteiger partial charge in [-0.05, 0) is 36.4 Å². The molecule has 3 aromatic rings. The summed E-state index contributed by atoms with van der Waals surface area (Å²) < 4.78 is 18.9. The van der Waals surface area contributed by atoms with Crippen molar-refractivity contribution < 1.29 is 18.4 Å². The minimum Gasteiger partial charge on any atom is -0.414 e. The van der Waals surface area contributed by atoms with Crippen molar-refractivity contribution in [3.8, 4) is 0 Å². The molecular weight excluding hydrogens is 407 g/mol. The van der Waals surface area contributed by atoms with Crippen molar-refractivity contribution in [3.05, 3.63) is 70.8 Å². The average molecular weight is 421 g/mol. The summed E-state index contributed by atoms with van der Waals surface area (Å²) in [7, 11) is 0. The van der Waals surface area contributed by atoms with E-state index < -0.39 is 11.7 Å². The number of anilines is 1. The molecule has 144 valence electrons. The molecule has 0 bridgehead atoms. The number of halogens is 2. The van der Waals surface area contributed by atoms with E-state index in [0.29, 0.717) is 10.7 Å². The molecule has 2 N–H and O–H groups in total. The van der Waals surface area contributed by atoms with E-state index in [9.17, 15) is 14.0 Å². The van der Waals surface area contributed by atoms with Gasteiger partial charge in [0.2, 0.25) is 11.8 Å². The van der Waals surface area contributed by atoms with Gasteiger partial charge in [0.15, 0.2) is 0 Å². The van der Waals surface area contributed by atoms with Gasteiger partial charge in [0.05, 0.1) is 17.9 Å². The third-order valence-electron chi connectivity index (χ3n) is 3.42. The summed E-state index contributed by atoms with van der Waals surface area (Å²) in [4.78, 5) is 23.9. The molecular formula is C18H14ClFN4O3S. The number of benzene rings is 2. The normalized spacial score (nSPS) is 10.5. The molecule has 1 aromatic heterocycles. The third-order valence-corrected chi connectivity index (χ3v) is 4.49. The summed E-state index contributed by atoms with van der Waals surface area (Å²) in [6.45, 7) is -0.0578. The molecule has 0 spiro atoms. The topological polar surface area (TPSA) is 97.1 Å². The minimum absolute atomic E-state index is 0.0578. The highest BCUT2D eigenvalue weighted by molar-refractivity contribution is 7.99. The van der Waals surface area contributed by atoms with Crippen molar-refractivity contribution in [1.29, 1.82) is 0 Å². The maximum Gasteiger partial charge on any atom is 0.277 e. The molecule has 3 rings (SSSR count). The lowest BCUT2D eigenvalue weighted by Gasteiger charge is -2.04. The van der Waals surface area contributed by atoms with Crippen LogP contribution in [0.5, 0.6) is 0 Å². The molecule has 2 amide bonds. The highest BCUT2D eigenvalue weighted by Gasteiger charge is 2.13.